The molecule has 2 aromatic heterocycles. The Balaban J connectivity index is 1.63. The van der Waals surface area contributed by atoms with Gasteiger partial charge in [0.1, 0.15) is 11.6 Å². The first-order valence-electron chi connectivity index (χ1n) is 27.4. The smallest absolute Gasteiger partial charge is 0.149 e. The van der Waals surface area contributed by atoms with Crippen molar-refractivity contribution in [1.29, 1.82) is 0 Å². The number of para-hydroxylation sites is 2. The Kier molecular flexibility index (Phi) is 5.54. The summed E-state index contributed by atoms with van der Waals surface area (Å²) >= 11 is 0. The van der Waals surface area contributed by atoms with Gasteiger partial charge in [-0.05, 0) is 104 Å². The van der Waals surface area contributed by atoms with Crippen molar-refractivity contribution in [1.82, 2.24) is 14.5 Å². The van der Waals surface area contributed by atoms with Crippen molar-refractivity contribution < 1.29 is 29.8 Å². The second-order valence-electron chi connectivity index (χ2n) is 16.5. The van der Waals surface area contributed by atoms with Gasteiger partial charge in [-0.1, -0.05) is 149 Å². The van der Waals surface area contributed by atoms with Crippen molar-refractivity contribution in [2.75, 3.05) is 0 Å². The summed E-state index contributed by atoms with van der Waals surface area (Å²) in [6, 6.07) is 32.6. The molecule has 0 unspecified atom stereocenters. The number of imidazole rings is 1. The summed E-state index contributed by atoms with van der Waals surface area (Å²) in [6.45, 7) is -11.7. The second-order valence-corrected chi connectivity index (χ2v) is 16.5. The Hall–Kier alpha value is -5.48. The van der Waals surface area contributed by atoms with E-state index in [9.17, 15) is 5.11 Å². The van der Waals surface area contributed by atoms with Crippen molar-refractivity contribution in [3.63, 3.8) is 0 Å². The van der Waals surface area contributed by atoms with Gasteiger partial charge in [0, 0.05) is 53.2 Å². The molecule has 0 saturated carbocycles. The number of phenolic OH excluding ortho intramolecular Hbond substituents is 1. The number of phenols is 1. The Morgan fingerprint density at radius 2 is 1.20 bits per heavy atom. The van der Waals surface area contributed by atoms with Crippen LogP contribution in [0.5, 0.6) is 5.75 Å². The topological polar surface area (TPSA) is 50.9 Å². The molecule has 2 heterocycles. The third-order valence-corrected chi connectivity index (χ3v) is 10.1. The van der Waals surface area contributed by atoms with Gasteiger partial charge in [0.2, 0.25) is 0 Å². The largest absolute Gasteiger partial charge is 0.507 e. The fourth-order valence-corrected chi connectivity index (χ4v) is 6.95. The molecule has 0 amide bonds. The van der Waals surface area contributed by atoms with Crippen LogP contribution in [-0.4, -0.2) is 19.6 Å². The van der Waals surface area contributed by atoms with E-state index < -0.39 is 79.8 Å². The third kappa shape index (κ3) is 7.54. The van der Waals surface area contributed by atoms with E-state index >= 15 is 0 Å². The maximum Gasteiger partial charge on any atom is 0.149 e. The van der Waals surface area contributed by atoms with E-state index in [1.54, 1.807) is 54.7 Å². The van der Waals surface area contributed by atoms with E-state index in [1.165, 1.54) is 10.1 Å². The molecule has 286 valence electrons. The van der Waals surface area contributed by atoms with Gasteiger partial charge in [0.25, 0.3) is 0 Å². The number of nitrogens with zero attached hydrogens (tertiary/aromatic N) is 3. The van der Waals surface area contributed by atoms with Crippen LogP contribution in [0.1, 0.15) is 130 Å². The summed E-state index contributed by atoms with van der Waals surface area (Å²) in [5.74, 6) is -1.72. The fraction of sp³-hybridized carbons (Fsp3) is 0.308. The van der Waals surface area contributed by atoms with E-state index in [0.29, 0.717) is 40.2 Å². The number of hydrogen-bond acceptors (Lipinski definition) is 3. The number of fused-ring (bicyclic) bond motifs is 1. The standard InChI is InChI=1S/C52H57N3O/c1-49(2,3)37-23-21-33(22-24-37)34-25-26-53-44(30-34)36-27-35(28-38(29-36)50(4,5)6)41-19-16-20-45-46(41)54-48(55(45)40-17-14-13-15-18-40)42-31-39(51(7,8)9)32-43(47(42)56)52(10,11)12/h13-32,56H,1-12H3/i7D3,8D3,9D3,10D3,11D3,12D3. The zero-order valence-electron chi connectivity index (χ0n) is 50.3. The first-order valence-corrected chi connectivity index (χ1v) is 18.4. The van der Waals surface area contributed by atoms with Gasteiger partial charge in [0.05, 0.1) is 22.3 Å². The van der Waals surface area contributed by atoms with Gasteiger partial charge in [0.15, 0.2) is 0 Å². The maximum absolute atomic E-state index is 12.7. The molecule has 7 aromatic rings. The molecule has 0 aliphatic carbocycles. The van der Waals surface area contributed by atoms with Crippen LogP contribution < -0.4 is 0 Å². The van der Waals surface area contributed by atoms with Gasteiger partial charge in [-0.25, -0.2) is 4.98 Å². The van der Waals surface area contributed by atoms with Crippen LogP contribution in [0, 0.1) is 0 Å². The number of benzene rings is 5. The second kappa shape index (κ2) is 13.9. The van der Waals surface area contributed by atoms with E-state index in [1.807, 2.05) is 51.1 Å². The molecule has 4 nitrogen and oxygen atoms in total. The van der Waals surface area contributed by atoms with Crippen LogP contribution in [0.4, 0.5) is 0 Å². The van der Waals surface area contributed by atoms with Gasteiger partial charge in [-0.15, -0.1) is 0 Å². The third-order valence-electron chi connectivity index (χ3n) is 10.1. The van der Waals surface area contributed by atoms with Crippen molar-refractivity contribution in [2.24, 2.45) is 0 Å². The minimum absolute atomic E-state index is 0.0461. The Bertz CT molecular complexity index is 3150. The first-order chi connectivity index (χ1) is 33.7. The van der Waals surface area contributed by atoms with E-state index in [-0.39, 0.29) is 16.8 Å². The summed E-state index contributed by atoms with van der Waals surface area (Å²) in [6.07, 6.45) is 1.73. The Labute approximate surface area is 359 Å². The molecule has 56 heavy (non-hydrogen) atoms. The van der Waals surface area contributed by atoms with Crippen LogP contribution in [0.15, 0.2) is 121 Å². The minimum atomic E-state index is -4.09. The average Bonchev–Trinajstić information content (AvgIpc) is 3.64. The molecule has 0 spiro atoms. The summed E-state index contributed by atoms with van der Waals surface area (Å²) in [5.41, 5.74) is -4.64. The van der Waals surface area contributed by atoms with E-state index in [2.05, 4.69) is 45.0 Å². The zero-order chi connectivity index (χ0) is 55.4. The predicted molar refractivity (Wildman–Crippen MR) is 237 cm³/mol. The van der Waals surface area contributed by atoms with Crippen LogP contribution >= 0.6 is 0 Å². The van der Waals surface area contributed by atoms with Gasteiger partial charge < -0.3 is 5.11 Å². The lowest BCUT2D eigenvalue weighted by atomic mass is 9.79. The normalized spacial score (nSPS) is 18.8. The molecule has 0 atom stereocenters. The number of aromatic nitrogens is 3. The van der Waals surface area contributed by atoms with Crippen LogP contribution in [0.2, 0.25) is 0 Å². The number of rotatable bonds is 5. The highest BCUT2D eigenvalue weighted by Crippen LogP contribution is 2.45. The van der Waals surface area contributed by atoms with Crippen molar-refractivity contribution in [2.45, 2.75) is 104 Å². The highest BCUT2D eigenvalue weighted by atomic mass is 16.3. The van der Waals surface area contributed by atoms with Crippen molar-refractivity contribution in [3.8, 4) is 56.3 Å². The molecule has 0 aliphatic rings. The summed E-state index contributed by atoms with van der Waals surface area (Å²) in [7, 11) is 0. The molecule has 4 heteroatoms. The zero-order valence-corrected chi connectivity index (χ0v) is 32.3. The number of aromatic hydroxyl groups is 1. The highest BCUT2D eigenvalue weighted by molar-refractivity contribution is 5.97. The molecular formula is C52H57N3O. The lowest BCUT2D eigenvalue weighted by Crippen LogP contribution is -2.17. The summed E-state index contributed by atoms with van der Waals surface area (Å²) < 4.78 is 156. The maximum atomic E-state index is 12.7. The first kappa shape index (κ1) is 22.3. The summed E-state index contributed by atoms with van der Waals surface area (Å²) in [4.78, 5) is 9.82. The number of pyridine rings is 1. The molecule has 7 rings (SSSR count). The lowest BCUT2D eigenvalue weighted by molar-refractivity contribution is 0.446. The van der Waals surface area contributed by atoms with Gasteiger partial charge in [-0.3, -0.25) is 9.55 Å². The van der Waals surface area contributed by atoms with Crippen LogP contribution in [0.3, 0.4) is 0 Å². The molecule has 1 N–H and O–H groups in total. The lowest BCUT2D eigenvalue weighted by Gasteiger charge is -2.27. The Morgan fingerprint density at radius 3 is 1.86 bits per heavy atom. The van der Waals surface area contributed by atoms with Crippen LogP contribution in [-0.2, 0) is 21.7 Å². The SMILES string of the molecule is [2H]C([2H])([2H])C(c1cc(-c2nc3c(-c4cc(-c5cc(-c6ccc(C(C)(C)C)cc6)ccn5)cc(C(C)(C)C)c4)cccc3n2-c2ccccc2)c(O)c(C(C([2H])([2H])[2H])(C([2H])([2H])[2H])C([2H])([2H])[2H])c1)(C([2H])([2H])[2H])C([2H])([2H])[2H]. The van der Waals surface area contributed by atoms with Crippen molar-refractivity contribution >= 4 is 11.0 Å². The van der Waals surface area contributed by atoms with E-state index in [0.717, 1.165) is 22.3 Å². The molecule has 0 aliphatic heterocycles. The average molecular weight is 758 g/mol. The highest BCUT2D eigenvalue weighted by Gasteiger charge is 2.29. The fourth-order valence-electron chi connectivity index (χ4n) is 6.95. The van der Waals surface area contributed by atoms with Crippen molar-refractivity contribution in [3.05, 3.63) is 144 Å². The predicted octanol–water partition coefficient (Wildman–Crippen LogP) is 14.0. The molecule has 0 radical (unpaired) electrons. The van der Waals surface area contributed by atoms with Gasteiger partial charge in [-0.2, -0.15) is 0 Å². The summed E-state index contributed by atoms with van der Waals surface area (Å²) in [5, 5.41) is 12.7. The molecule has 0 fully saturated rings. The molecule has 5 aromatic carbocycles. The van der Waals surface area contributed by atoms with Crippen LogP contribution in [0.25, 0.3) is 61.6 Å². The molecule has 0 bridgehead atoms. The molecular weight excluding hydrogens is 683 g/mol. The molecule has 0 saturated heterocycles. The minimum Gasteiger partial charge on any atom is -0.507 e. The quantitative estimate of drug-likeness (QED) is 0.190. The number of hydrogen-bond donors (Lipinski definition) is 1. The van der Waals surface area contributed by atoms with Gasteiger partial charge >= 0.3 is 0 Å². The van der Waals surface area contributed by atoms with E-state index in [4.69, 9.17) is 34.6 Å². The monoisotopic (exact) mass is 758 g/mol. The Morgan fingerprint density at radius 1 is 0.536 bits per heavy atom.